The third-order valence-corrected chi connectivity index (χ3v) is 0.283. The summed E-state index contributed by atoms with van der Waals surface area (Å²) in [5.41, 5.74) is 0. The van der Waals surface area contributed by atoms with Crippen molar-refractivity contribution in [2.24, 2.45) is 0 Å². The lowest BCUT2D eigenvalue weighted by Gasteiger charge is -1.79. The minimum Gasteiger partial charge on any atom is -0.344 e. The largest absolute Gasteiger partial charge is 0.423 e. The normalized spacial score (nSPS) is 8.44. The number of rotatable bonds is 1. The Bertz CT molecular complexity index is 111. The third kappa shape index (κ3) is 34.2. The number of hydrogen-bond acceptors (Lipinski definition) is 7. The lowest BCUT2D eigenvalue weighted by molar-refractivity contribution is -0.176. The van der Waals surface area contributed by atoms with Crippen molar-refractivity contribution in [1.29, 1.82) is 0 Å². The van der Waals surface area contributed by atoms with Crippen LogP contribution in [0.4, 0.5) is 0 Å². The van der Waals surface area contributed by atoms with Gasteiger partial charge in [0.05, 0.1) is 0 Å². The third-order valence-electron chi connectivity index (χ3n) is 0.0942. The lowest BCUT2D eigenvalue weighted by Crippen LogP contribution is -1.97. The fourth-order valence-electron chi connectivity index (χ4n) is 0. The smallest absolute Gasteiger partial charge is 0.344 e. The second kappa shape index (κ2) is 7.71. The highest BCUT2D eigenvalue weighted by Gasteiger charge is 1.97. The van der Waals surface area contributed by atoms with Crippen LogP contribution in [0.5, 0.6) is 0 Å². The molecular weight excluding hydrogens is 158 g/mol. The Morgan fingerprint density at radius 2 is 1.33 bits per heavy atom. The van der Waals surface area contributed by atoms with Crippen LogP contribution >= 0.6 is 0 Å². The van der Waals surface area contributed by atoms with E-state index in [9.17, 15) is 0 Å². The lowest BCUT2D eigenvalue weighted by atomic mass is 14.0. The molecule has 0 aliphatic rings. The molecule has 0 aliphatic heterocycles. The zero-order valence-corrected chi connectivity index (χ0v) is 4.95. The first-order valence-corrected chi connectivity index (χ1v) is 2.43. The second-order valence-corrected chi connectivity index (χ2v) is 1.51. The Morgan fingerprint density at radius 3 is 1.33 bits per heavy atom. The van der Waals surface area contributed by atoms with Crippen molar-refractivity contribution in [1.82, 2.24) is 6.15 Å². The van der Waals surface area contributed by atoms with Crippen LogP contribution in [0.2, 0.25) is 0 Å². The highest BCUT2D eigenvalue weighted by molar-refractivity contribution is 7.80. The van der Waals surface area contributed by atoms with Crippen LogP contribution in [0.1, 0.15) is 0 Å². The van der Waals surface area contributed by atoms with Crippen LogP contribution < -0.4 is 6.15 Å². The fourth-order valence-corrected chi connectivity index (χ4v) is 0. The molecule has 8 nitrogen and oxygen atoms in total. The molecule has 9 heavy (non-hydrogen) atoms. The summed E-state index contributed by atoms with van der Waals surface area (Å²) < 4.78 is 28.0. The van der Waals surface area contributed by atoms with Gasteiger partial charge in [0, 0.05) is 0 Å². The van der Waals surface area contributed by atoms with Crippen molar-refractivity contribution in [3.8, 4) is 0 Å². The van der Waals surface area contributed by atoms with Crippen LogP contribution in [0, 0.1) is 0 Å². The minimum absolute atomic E-state index is 0. The SMILES string of the molecule is N.O=S(=O)(O)OO.OO. The molecule has 0 rings (SSSR count). The van der Waals surface area contributed by atoms with Gasteiger partial charge >= 0.3 is 10.4 Å². The molecule has 0 unspecified atom stereocenters. The van der Waals surface area contributed by atoms with E-state index in [-0.39, 0.29) is 6.15 Å². The molecule has 0 atom stereocenters. The van der Waals surface area contributed by atoms with Crippen LogP contribution in [-0.2, 0) is 14.7 Å². The maximum absolute atomic E-state index is 9.08. The summed E-state index contributed by atoms with van der Waals surface area (Å²) in [7, 11) is -4.61. The Morgan fingerprint density at radius 1 is 1.22 bits per heavy atom. The van der Waals surface area contributed by atoms with Crippen LogP contribution in [0.3, 0.4) is 0 Å². The zero-order chi connectivity index (χ0) is 7.21. The van der Waals surface area contributed by atoms with Gasteiger partial charge in [0.25, 0.3) is 0 Å². The van der Waals surface area contributed by atoms with Gasteiger partial charge in [-0.25, -0.2) is 5.26 Å². The second-order valence-electron chi connectivity index (χ2n) is 0.502. The molecule has 0 aromatic heterocycles. The minimum atomic E-state index is -4.61. The van der Waals surface area contributed by atoms with Gasteiger partial charge in [-0.3, -0.25) is 15.1 Å². The molecule has 0 saturated heterocycles. The molecule has 0 fully saturated rings. The highest BCUT2D eigenvalue weighted by Crippen LogP contribution is 1.74. The molecule has 0 amide bonds. The summed E-state index contributed by atoms with van der Waals surface area (Å²) >= 11 is 0. The molecule has 0 aromatic rings. The molecule has 0 spiro atoms. The summed E-state index contributed by atoms with van der Waals surface area (Å²) in [6.07, 6.45) is 0. The standard InChI is InChI=1S/H3N.H2O5S.H2O2/c;1-5-6(2,3)4;1-2/h1H3;1H,(H,2,3,4);1-2H. The Labute approximate surface area is 50.7 Å². The van der Waals surface area contributed by atoms with Crippen molar-refractivity contribution >= 4 is 10.4 Å². The van der Waals surface area contributed by atoms with Gasteiger partial charge in [0.15, 0.2) is 0 Å². The van der Waals surface area contributed by atoms with E-state index in [1.54, 1.807) is 0 Å². The van der Waals surface area contributed by atoms with Crippen molar-refractivity contribution < 1.29 is 33.1 Å². The number of hydrogen-bond donors (Lipinski definition) is 5. The molecule has 7 N–H and O–H groups in total. The molecule has 0 aliphatic carbocycles. The molecule has 60 valence electrons. The Hall–Kier alpha value is -0.290. The average Bonchev–Trinajstić information content (AvgIpc) is 1.71. The van der Waals surface area contributed by atoms with E-state index < -0.39 is 10.4 Å². The van der Waals surface area contributed by atoms with Gasteiger partial charge in [-0.05, 0) is 0 Å². The average molecular weight is 165 g/mol. The highest BCUT2D eigenvalue weighted by atomic mass is 32.3. The summed E-state index contributed by atoms with van der Waals surface area (Å²) in [6, 6.07) is 0. The Balaban J connectivity index is -0.000000109. The maximum Gasteiger partial charge on any atom is 0.423 e. The predicted octanol–water partition coefficient (Wildman–Crippen LogP) is -0.542. The van der Waals surface area contributed by atoms with Gasteiger partial charge in [-0.1, -0.05) is 4.33 Å². The van der Waals surface area contributed by atoms with Crippen molar-refractivity contribution in [3.63, 3.8) is 0 Å². The van der Waals surface area contributed by atoms with Gasteiger partial charge in [0.2, 0.25) is 0 Å². The van der Waals surface area contributed by atoms with E-state index in [4.69, 9.17) is 28.7 Å². The first-order chi connectivity index (χ1) is 3.56. The van der Waals surface area contributed by atoms with E-state index in [1.807, 2.05) is 0 Å². The quantitative estimate of drug-likeness (QED) is 0.196. The predicted molar refractivity (Wildman–Crippen MR) is 25.5 cm³/mol. The summed E-state index contributed by atoms with van der Waals surface area (Å²) in [6.45, 7) is 0. The summed E-state index contributed by atoms with van der Waals surface area (Å²) in [5.74, 6) is 0. The first-order valence-electron chi connectivity index (χ1n) is 1.07. The monoisotopic (exact) mass is 165 g/mol. The molecule has 0 radical (unpaired) electrons. The van der Waals surface area contributed by atoms with Gasteiger partial charge in [0.1, 0.15) is 0 Å². The van der Waals surface area contributed by atoms with Crippen molar-refractivity contribution in [2.45, 2.75) is 0 Å². The van der Waals surface area contributed by atoms with E-state index in [0.29, 0.717) is 0 Å². The molecule has 0 aromatic carbocycles. The molecule has 9 heteroatoms. The van der Waals surface area contributed by atoms with Crippen LogP contribution in [0.15, 0.2) is 0 Å². The van der Waals surface area contributed by atoms with Crippen molar-refractivity contribution in [2.75, 3.05) is 0 Å². The molecule has 0 bridgehead atoms. The van der Waals surface area contributed by atoms with Gasteiger partial charge in [-0.15, -0.1) is 0 Å². The summed E-state index contributed by atoms with van der Waals surface area (Å²) in [5, 5.41) is 19.1. The first kappa shape index (κ1) is 15.9. The molecule has 0 saturated carbocycles. The van der Waals surface area contributed by atoms with Crippen LogP contribution in [0.25, 0.3) is 0 Å². The zero-order valence-electron chi connectivity index (χ0n) is 4.13. The molecule has 0 heterocycles. The van der Waals surface area contributed by atoms with Crippen LogP contribution in [-0.4, -0.2) is 28.7 Å². The maximum atomic E-state index is 9.08. The van der Waals surface area contributed by atoms with E-state index in [0.717, 1.165) is 0 Å². The van der Waals surface area contributed by atoms with E-state index in [1.165, 1.54) is 0 Å². The van der Waals surface area contributed by atoms with Crippen molar-refractivity contribution in [3.05, 3.63) is 0 Å². The molecular formula is H7NO7S. The van der Waals surface area contributed by atoms with Gasteiger partial charge < -0.3 is 6.15 Å². The van der Waals surface area contributed by atoms with E-state index >= 15 is 0 Å². The fraction of sp³-hybridized carbons (Fsp3) is 0. The topological polar surface area (TPSA) is 159 Å². The Kier molecular flexibility index (Phi) is 13.6. The summed E-state index contributed by atoms with van der Waals surface area (Å²) in [4.78, 5) is 0. The van der Waals surface area contributed by atoms with Gasteiger partial charge in [-0.2, -0.15) is 8.42 Å². The van der Waals surface area contributed by atoms with E-state index in [2.05, 4.69) is 4.33 Å².